The number of carboxylic acid groups (broad SMARTS) is 2. The Bertz CT molecular complexity index is 1200. The Balaban J connectivity index is 0.000000449. The normalized spacial score (nSPS) is 10.2. The number of carbonyl (C=O) groups is 3. The van der Waals surface area contributed by atoms with Gasteiger partial charge in [0.05, 0.1) is 22.4 Å². The first-order chi connectivity index (χ1) is 17.7. The summed E-state index contributed by atoms with van der Waals surface area (Å²) in [7, 11) is 0. The smallest absolute Gasteiger partial charge is 0.336 e. The largest absolute Gasteiger partial charge is 0.505 e. The van der Waals surface area contributed by atoms with E-state index in [2.05, 4.69) is 0 Å². The van der Waals surface area contributed by atoms with Gasteiger partial charge in [-0.05, 0) is 45.9 Å². The zero-order chi connectivity index (χ0) is 27.5. The van der Waals surface area contributed by atoms with Crippen LogP contribution in [0.1, 0.15) is 64.3 Å². The van der Waals surface area contributed by atoms with E-state index in [0.29, 0.717) is 48.7 Å². The minimum absolute atomic E-state index is 0.170. The van der Waals surface area contributed by atoms with E-state index < -0.39 is 17.7 Å². The van der Waals surface area contributed by atoms with E-state index in [1.54, 1.807) is 60.7 Å². The van der Waals surface area contributed by atoms with Crippen molar-refractivity contribution in [1.29, 1.82) is 0 Å². The summed E-state index contributed by atoms with van der Waals surface area (Å²) in [5, 5.41) is 29.3. The highest BCUT2D eigenvalue weighted by molar-refractivity contribution is 6.17. The number of phenols is 1. The van der Waals surface area contributed by atoms with Crippen molar-refractivity contribution in [2.24, 2.45) is 0 Å². The number of carboxylic acids is 2. The average Bonchev–Trinajstić information content (AvgIpc) is 2.92. The van der Waals surface area contributed by atoms with E-state index in [4.69, 9.17) is 5.11 Å². The van der Waals surface area contributed by atoms with Crippen LogP contribution in [0.15, 0.2) is 66.7 Å². The Labute approximate surface area is 217 Å². The third-order valence-electron chi connectivity index (χ3n) is 5.95. The van der Waals surface area contributed by atoms with Gasteiger partial charge in [-0.25, -0.2) is 9.59 Å². The summed E-state index contributed by atoms with van der Waals surface area (Å²) >= 11 is 0. The van der Waals surface area contributed by atoms with E-state index in [1.165, 1.54) is 6.07 Å². The Morgan fingerprint density at radius 1 is 0.676 bits per heavy atom. The quantitative estimate of drug-likeness (QED) is 0.313. The maximum atomic E-state index is 13.1. The number of anilines is 2. The van der Waals surface area contributed by atoms with Crippen molar-refractivity contribution in [2.45, 2.75) is 27.7 Å². The Kier molecular flexibility index (Phi) is 10.7. The highest BCUT2D eigenvalue weighted by Gasteiger charge is 2.30. The van der Waals surface area contributed by atoms with Crippen LogP contribution in [0.4, 0.5) is 11.4 Å². The van der Waals surface area contributed by atoms with E-state index in [0.717, 1.165) is 0 Å². The van der Waals surface area contributed by atoms with Gasteiger partial charge >= 0.3 is 11.9 Å². The molecule has 0 heterocycles. The van der Waals surface area contributed by atoms with Crippen LogP contribution in [-0.4, -0.2) is 59.2 Å². The molecule has 3 N–H and O–H groups in total. The van der Waals surface area contributed by atoms with Crippen LogP contribution in [0.5, 0.6) is 5.75 Å². The third-order valence-corrected chi connectivity index (χ3v) is 5.95. The minimum Gasteiger partial charge on any atom is -0.505 e. The second kappa shape index (κ2) is 13.7. The van der Waals surface area contributed by atoms with Gasteiger partial charge in [-0.3, -0.25) is 4.79 Å². The Hall–Kier alpha value is -4.33. The lowest BCUT2D eigenvalue weighted by Gasteiger charge is -2.32. The van der Waals surface area contributed by atoms with Crippen molar-refractivity contribution in [2.75, 3.05) is 36.0 Å². The summed E-state index contributed by atoms with van der Waals surface area (Å²) in [5.41, 5.74) is 1.42. The lowest BCUT2D eigenvalue weighted by Crippen LogP contribution is -2.29. The van der Waals surface area contributed by atoms with Crippen LogP contribution in [0, 0.1) is 0 Å². The zero-order valence-electron chi connectivity index (χ0n) is 21.6. The number of phenolic OH excluding ortho intramolecular Hbond substituents is 1. The van der Waals surface area contributed by atoms with Gasteiger partial charge in [0, 0.05) is 31.7 Å². The average molecular weight is 507 g/mol. The molecular formula is C29H34N2O6. The van der Waals surface area contributed by atoms with Crippen molar-refractivity contribution in [1.82, 2.24) is 0 Å². The lowest BCUT2D eigenvalue weighted by atomic mass is 9.94. The molecule has 8 heteroatoms. The third kappa shape index (κ3) is 6.88. The predicted octanol–water partition coefficient (Wildman–Crippen LogP) is 5.40. The van der Waals surface area contributed by atoms with Gasteiger partial charge in [0.25, 0.3) is 0 Å². The molecule has 0 aliphatic rings. The summed E-state index contributed by atoms with van der Waals surface area (Å²) in [5.74, 6) is -2.90. The second-order valence-electron chi connectivity index (χ2n) is 8.03. The van der Waals surface area contributed by atoms with E-state index in [-0.39, 0.29) is 16.9 Å². The number of aromatic hydroxyl groups is 1. The molecule has 0 aliphatic heterocycles. The SMILES string of the molecule is CCN(CC)c1cc(C(=O)O)c(C(=O)c2ccccc2)c(O)c1N(CC)CC.O=C(O)c1ccccc1. The molecular weight excluding hydrogens is 472 g/mol. The van der Waals surface area contributed by atoms with Gasteiger partial charge in [-0.15, -0.1) is 0 Å². The molecule has 8 nitrogen and oxygen atoms in total. The number of carbonyl (C=O) groups excluding carboxylic acids is 1. The van der Waals surface area contributed by atoms with Gasteiger partial charge in [-0.1, -0.05) is 48.5 Å². The molecule has 3 rings (SSSR count). The van der Waals surface area contributed by atoms with Gasteiger partial charge < -0.3 is 25.1 Å². The molecule has 37 heavy (non-hydrogen) atoms. The fourth-order valence-corrected chi connectivity index (χ4v) is 4.01. The maximum Gasteiger partial charge on any atom is 0.336 e. The number of hydrogen-bond donors (Lipinski definition) is 3. The lowest BCUT2D eigenvalue weighted by molar-refractivity contribution is 0.0684. The van der Waals surface area contributed by atoms with Crippen molar-refractivity contribution < 1.29 is 29.7 Å². The minimum atomic E-state index is -1.24. The molecule has 0 amide bonds. The Morgan fingerprint density at radius 3 is 1.51 bits per heavy atom. The number of rotatable bonds is 10. The molecule has 0 radical (unpaired) electrons. The van der Waals surface area contributed by atoms with Crippen LogP contribution < -0.4 is 9.80 Å². The van der Waals surface area contributed by atoms with Crippen molar-refractivity contribution in [3.63, 3.8) is 0 Å². The number of hydrogen-bond acceptors (Lipinski definition) is 6. The van der Waals surface area contributed by atoms with Crippen molar-refractivity contribution >= 4 is 29.1 Å². The van der Waals surface area contributed by atoms with Gasteiger partial charge in [-0.2, -0.15) is 0 Å². The van der Waals surface area contributed by atoms with Gasteiger partial charge in [0.2, 0.25) is 0 Å². The Morgan fingerprint density at radius 2 is 1.14 bits per heavy atom. The van der Waals surface area contributed by atoms with E-state index in [9.17, 15) is 24.6 Å². The van der Waals surface area contributed by atoms with E-state index in [1.807, 2.05) is 37.5 Å². The first-order valence-corrected chi connectivity index (χ1v) is 12.2. The molecule has 0 saturated carbocycles. The molecule has 0 spiro atoms. The van der Waals surface area contributed by atoms with E-state index >= 15 is 0 Å². The predicted molar refractivity (Wildman–Crippen MR) is 145 cm³/mol. The van der Waals surface area contributed by atoms with Crippen molar-refractivity contribution in [3.8, 4) is 5.75 Å². The first kappa shape index (κ1) is 28.9. The summed E-state index contributed by atoms with van der Waals surface area (Å²) in [4.78, 5) is 39.2. The molecule has 0 fully saturated rings. The molecule has 3 aromatic carbocycles. The van der Waals surface area contributed by atoms with Gasteiger partial charge in [0.15, 0.2) is 11.5 Å². The van der Waals surface area contributed by atoms with Crippen LogP contribution in [0.2, 0.25) is 0 Å². The van der Waals surface area contributed by atoms with Crippen molar-refractivity contribution in [3.05, 3.63) is 89.0 Å². The molecule has 0 bridgehead atoms. The summed E-state index contributed by atoms with van der Waals surface area (Å²) in [6.07, 6.45) is 0. The second-order valence-corrected chi connectivity index (χ2v) is 8.03. The number of nitrogens with zero attached hydrogens (tertiary/aromatic N) is 2. The summed E-state index contributed by atoms with van der Waals surface area (Å²) in [6.45, 7) is 10.4. The van der Waals surface area contributed by atoms with Crippen LogP contribution in [0.25, 0.3) is 0 Å². The molecule has 0 unspecified atom stereocenters. The summed E-state index contributed by atoms with van der Waals surface area (Å²) < 4.78 is 0. The molecule has 0 saturated heterocycles. The number of aromatic carboxylic acids is 2. The topological polar surface area (TPSA) is 118 Å². The molecule has 0 atom stereocenters. The molecule has 196 valence electrons. The maximum absolute atomic E-state index is 13.1. The van der Waals surface area contributed by atoms with Crippen LogP contribution >= 0.6 is 0 Å². The first-order valence-electron chi connectivity index (χ1n) is 12.2. The fourth-order valence-electron chi connectivity index (χ4n) is 4.01. The zero-order valence-corrected chi connectivity index (χ0v) is 21.6. The number of ketones is 1. The van der Waals surface area contributed by atoms with Crippen LogP contribution in [0.3, 0.4) is 0 Å². The molecule has 3 aromatic rings. The summed E-state index contributed by atoms with van der Waals surface area (Å²) in [6, 6.07) is 18.2. The highest BCUT2D eigenvalue weighted by Crippen LogP contribution is 2.43. The van der Waals surface area contributed by atoms with Crippen LogP contribution in [-0.2, 0) is 0 Å². The standard InChI is InChI=1S/C22H28N2O4.C7H6O2/c1-5-23(6-2)17-14-16(22(27)28)18(20(25)15-12-10-9-11-13-15)21(26)19(17)24(7-3)8-4;8-7(9)6-4-2-1-3-5-6/h9-14,26H,5-8H2,1-4H3,(H,27,28);1-5H,(H,8,9). The molecule has 0 aliphatic carbocycles. The molecule has 0 aromatic heterocycles. The fraction of sp³-hybridized carbons (Fsp3) is 0.276. The van der Waals surface area contributed by atoms with Gasteiger partial charge in [0.1, 0.15) is 5.69 Å². The monoisotopic (exact) mass is 506 g/mol. The highest BCUT2D eigenvalue weighted by atomic mass is 16.4. The number of benzene rings is 3.